The van der Waals surface area contributed by atoms with Crippen LogP contribution in [0.5, 0.6) is 0 Å². The van der Waals surface area contributed by atoms with Crippen LogP contribution >= 0.6 is 0 Å². The van der Waals surface area contributed by atoms with Crippen LogP contribution in [0, 0.1) is 0 Å². The smallest absolute Gasteiger partial charge is 0.305 e. The van der Waals surface area contributed by atoms with Crippen LogP contribution in [0.3, 0.4) is 0 Å². The summed E-state index contributed by atoms with van der Waals surface area (Å²) < 4.78 is 16.7. The molecule has 1 aliphatic rings. The lowest BCUT2D eigenvalue weighted by atomic mass is 9.99. The highest BCUT2D eigenvalue weighted by Crippen LogP contribution is 2.23. The Hall–Kier alpha value is -2.90. The van der Waals surface area contributed by atoms with Crippen LogP contribution in [0.25, 0.3) is 0 Å². The van der Waals surface area contributed by atoms with E-state index < -0.39 is 49.5 Å². The fourth-order valence-electron chi connectivity index (χ4n) is 10.6. The molecule has 0 aromatic heterocycles. The summed E-state index contributed by atoms with van der Waals surface area (Å²) >= 11 is 0. The number of ether oxygens (including phenoxy) is 3. The molecule has 1 amide bonds. The van der Waals surface area contributed by atoms with Gasteiger partial charge in [-0.2, -0.15) is 0 Å². The van der Waals surface area contributed by atoms with Gasteiger partial charge in [0.2, 0.25) is 5.91 Å². The Bertz CT molecular complexity index is 1610. The molecule has 0 spiro atoms. The van der Waals surface area contributed by atoms with Gasteiger partial charge in [-0.05, 0) is 109 Å². The van der Waals surface area contributed by atoms with E-state index in [-0.39, 0.29) is 18.5 Å². The van der Waals surface area contributed by atoms with Gasteiger partial charge in [-0.3, -0.25) is 9.59 Å². The van der Waals surface area contributed by atoms with Crippen molar-refractivity contribution in [1.82, 2.24) is 5.32 Å². The number of allylic oxidation sites excluding steroid dienone is 11. The first-order chi connectivity index (χ1) is 40.7. The van der Waals surface area contributed by atoms with Crippen LogP contribution in [0.2, 0.25) is 0 Å². The standard InChI is InChI=1S/C72H129NO10/c1-3-5-7-9-11-13-15-40-44-48-52-56-60-68(77)81-61-57-53-49-45-41-38-36-34-32-30-28-26-24-22-20-18-16-17-19-21-23-25-27-29-31-33-35-37-39-43-47-51-55-59-67(76)73-64(63-82-72-71(80)70(79)69(78)66(62-74)83-72)65(75)58-54-50-46-42-14-12-10-8-6-4-2/h6,8,11,13-14,20,22,26,28,42,54,58,64-66,69-72,74-75,78-80H,3-5,7,9-10,12,15-19,21,23-25,27,29-41,43-53,55-57,59-63H2,1-2H3,(H,73,76)/b8-6+,13-11-,22-20-,28-26-,42-14+,58-54+. The van der Waals surface area contributed by atoms with Crippen LogP contribution < -0.4 is 5.32 Å². The second-order valence-electron chi connectivity index (χ2n) is 23.8. The van der Waals surface area contributed by atoms with E-state index >= 15 is 0 Å². The average molecular weight is 1170 g/mol. The Morgan fingerprint density at radius 1 is 0.458 bits per heavy atom. The lowest BCUT2D eigenvalue weighted by Gasteiger charge is -2.40. The van der Waals surface area contributed by atoms with E-state index in [0.29, 0.717) is 19.4 Å². The van der Waals surface area contributed by atoms with Crippen molar-refractivity contribution in [2.75, 3.05) is 19.8 Å². The molecular weight excluding hydrogens is 1040 g/mol. The molecule has 6 N–H and O–H groups in total. The molecule has 1 aliphatic heterocycles. The fraction of sp³-hybridized carbons (Fsp3) is 0.806. The number of nitrogens with one attached hydrogen (secondary N) is 1. The number of unbranched alkanes of at least 4 members (excludes halogenated alkanes) is 36. The quantitative estimate of drug-likeness (QED) is 0.0195. The number of carbonyl (C=O) groups excluding carboxylic acids is 2. The topological polar surface area (TPSA) is 175 Å². The summed E-state index contributed by atoms with van der Waals surface area (Å²) in [6, 6.07) is -0.833. The first-order valence-electron chi connectivity index (χ1n) is 34.7. The van der Waals surface area contributed by atoms with Gasteiger partial charge in [0, 0.05) is 12.8 Å². The third-order valence-corrected chi connectivity index (χ3v) is 16.0. The third kappa shape index (κ3) is 49.9. The lowest BCUT2D eigenvalue weighted by molar-refractivity contribution is -0.302. The number of carbonyl (C=O) groups is 2. The van der Waals surface area contributed by atoms with Crippen molar-refractivity contribution in [3.63, 3.8) is 0 Å². The van der Waals surface area contributed by atoms with Gasteiger partial charge in [0.25, 0.3) is 0 Å². The second-order valence-corrected chi connectivity index (χ2v) is 23.8. The first kappa shape index (κ1) is 78.1. The monoisotopic (exact) mass is 1170 g/mol. The molecule has 1 fully saturated rings. The van der Waals surface area contributed by atoms with Gasteiger partial charge in [0.15, 0.2) is 6.29 Å². The van der Waals surface area contributed by atoms with Gasteiger partial charge in [-0.1, -0.05) is 260 Å². The maximum absolute atomic E-state index is 13.0. The Kier molecular flexibility index (Phi) is 57.2. The Labute approximate surface area is 509 Å². The highest BCUT2D eigenvalue weighted by molar-refractivity contribution is 5.76. The maximum Gasteiger partial charge on any atom is 0.305 e. The van der Waals surface area contributed by atoms with E-state index in [1.54, 1.807) is 6.08 Å². The molecule has 482 valence electrons. The van der Waals surface area contributed by atoms with Crippen LogP contribution in [0.1, 0.15) is 309 Å². The normalized spacial score (nSPS) is 18.6. The average Bonchev–Trinajstić information content (AvgIpc) is 3.53. The number of amides is 1. The molecule has 0 saturated carbocycles. The summed E-state index contributed by atoms with van der Waals surface area (Å²) in [4.78, 5) is 25.0. The SMILES string of the molecule is CC/C=C/CC/C=C/CC/C=C/C(O)C(COC1OC(CO)C(O)C(O)C1O)NC(=O)CCCCCCCCCCCCCCCCCCC/C=C\C/C=C\CCCCCCCCCCCOC(=O)CCCCCCC/C=C\CCCCC. The van der Waals surface area contributed by atoms with E-state index in [1.165, 1.54) is 205 Å². The summed E-state index contributed by atoms with van der Waals surface area (Å²) in [5.41, 5.74) is 0. The molecule has 0 aromatic carbocycles. The van der Waals surface area contributed by atoms with Gasteiger partial charge in [-0.15, -0.1) is 0 Å². The van der Waals surface area contributed by atoms with E-state index in [0.717, 1.165) is 77.0 Å². The van der Waals surface area contributed by atoms with Crippen LogP contribution in [-0.2, 0) is 23.8 Å². The Morgan fingerprint density at radius 2 is 0.855 bits per heavy atom. The molecule has 0 aliphatic carbocycles. The zero-order chi connectivity index (χ0) is 60.2. The van der Waals surface area contributed by atoms with Gasteiger partial charge in [-0.25, -0.2) is 0 Å². The molecular formula is C72H129NO10. The third-order valence-electron chi connectivity index (χ3n) is 16.0. The molecule has 0 radical (unpaired) electrons. The molecule has 1 heterocycles. The van der Waals surface area contributed by atoms with E-state index in [9.17, 15) is 35.1 Å². The zero-order valence-electron chi connectivity index (χ0n) is 53.4. The second kappa shape index (κ2) is 60.8. The van der Waals surface area contributed by atoms with Crippen molar-refractivity contribution >= 4 is 11.9 Å². The van der Waals surface area contributed by atoms with E-state index in [4.69, 9.17) is 14.2 Å². The molecule has 1 saturated heterocycles. The summed E-state index contributed by atoms with van der Waals surface area (Å²) in [6.45, 7) is 4.18. The minimum absolute atomic E-state index is 0.00419. The van der Waals surface area contributed by atoms with Crippen molar-refractivity contribution in [3.05, 3.63) is 72.9 Å². The predicted octanol–water partition coefficient (Wildman–Crippen LogP) is 17.5. The molecule has 83 heavy (non-hydrogen) atoms. The summed E-state index contributed by atoms with van der Waals surface area (Å²) in [5, 5.41) is 54.3. The van der Waals surface area contributed by atoms with E-state index in [2.05, 4.69) is 79.9 Å². The van der Waals surface area contributed by atoms with Crippen LogP contribution in [0.4, 0.5) is 0 Å². The molecule has 11 heteroatoms. The van der Waals surface area contributed by atoms with Gasteiger partial charge in [0.05, 0.1) is 32.0 Å². The molecule has 7 atom stereocenters. The Morgan fingerprint density at radius 3 is 1.33 bits per heavy atom. The number of aliphatic hydroxyl groups excluding tert-OH is 5. The van der Waals surface area contributed by atoms with E-state index in [1.807, 2.05) is 6.08 Å². The van der Waals surface area contributed by atoms with Crippen LogP contribution in [-0.4, -0.2) is 100 Å². The Balaban J connectivity index is 1.94. The predicted molar refractivity (Wildman–Crippen MR) is 347 cm³/mol. The molecule has 0 aromatic rings. The van der Waals surface area contributed by atoms with Gasteiger partial charge in [0.1, 0.15) is 24.4 Å². The summed E-state index contributed by atoms with van der Waals surface area (Å²) in [5.74, 6) is -0.201. The zero-order valence-corrected chi connectivity index (χ0v) is 53.4. The summed E-state index contributed by atoms with van der Waals surface area (Å²) in [7, 11) is 0. The fourth-order valence-corrected chi connectivity index (χ4v) is 10.6. The highest BCUT2D eigenvalue weighted by Gasteiger charge is 2.44. The summed E-state index contributed by atoms with van der Waals surface area (Å²) in [6.07, 6.45) is 72.0. The minimum Gasteiger partial charge on any atom is -0.466 e. The van der Waals surface area contributed by atoms with Gasteiger partial charge < -0.3 is 45.1 Å². The van der Waals surface area contributed by atoms with Crippen molar-refractivity contribution in [3.8, 4) is 0 Å². The highest BCUT2D eigenvalue weighted by atomic mass is 16.7. The van der Waals surface area contributed by atoms with Crippen molar-refractivity contribution < 1.29 is 49.3 Å². The van der Waals surface area contributed by atoms with Crippen molar-refractivity contribution in [2.24, 2.45) is 0 Å². The number of esters is 1. The van der Waals surface area contributed by atoms with Gasteiger partial charge >= 0.3 is 5.97 Å². The number of rotatable bonds is 60. The lowest BCUT2D eigenvalue weighted by Crippen LogP contribution is -2.60. The first-order valence-corrected chi connectivity index (χ1v) is 34.7. The van der Waals surface area contributed by atoms with Crippen molar-refractivity contribution in [2.45, 2.75) is 352 Å². The van der Waals surface area contributed by atoms with Crippen molar-refractivity contribution in [1.29, 1.82) is 0 Å². The number of hydrogen-bond donors (Lipinski definition) is 6. The number of hydrogen-bond acceptors (Lipinski definition) is 10. The molecule has 11 nitrogen and oxygen atoms in total. The minimum atomic E-state index is -1.58. The largest absolute Gasteiger partial charge is 0.466 e. The maximum atomic E-state index is 13.0. The molecule has 0 bridgehead atoms. The molecule has 7 unspecified atom stereocenters. The molecule has 1 rings (SSSR count). The number of aliphatic hydroxyl groups is 5. The van der Waals surface area contributed by atoms with Crippen LogP contribution in [0.15, 0.2) is 72.9 Å².